The first-order valence-corrected chi connectivity index (χ1v) is 9.91. The second-order valence-corrected chi connectivity index (χ2v) is 6.62. The van der Waals surface area contributed by atoms with E-state index in [-0.39, 0.29) is 0 Å². The van der Waals surface area contributed by atoms with Crippen molar-refractivity contribution in [2.24, 2.45) is 0 Å². The molecule has 6 nitrogen and oxygen atoms in total. The summed E-state index contributed by atoms with van der Waals surface area (Å²) in [5, 5.41) is 0. The fourth-order valence-corrected chi connectivity index (χ4v) is 2.81. The summed E-state index contributed by atoms with van der Waals surface area (Å²) in [7, 11) is 1.58. The van der Waals surface area contributed by atoms with Gasteiger partial charge in [-0.3, -0.25) is 0 Å². The third-order valence-electron chi connectivity index (χ3n) is 4.42. The Hall–Kier alpha value is -3.64. The quantitative estimate of drug-likeness (QED) is 0.276. The molecular formula is C25H24O6. The van der Waals surface area contributed by atoms with Crippen LogP contribution in [0.4, 0.5) is 0 Å². The number of carbonyl (C=O) groups excluding carboxylic acids is 2. The molecule has 3 aromatic rings. The molecule has 0 bridgehead atoms. The number of benzene rings is 3. The highest BCUT2D eigenvalue weighted by Crippen LogP contribution is 2.21. The van der Waals surface area contributed by atoms with Gasteiger partial charge in [-0.05, 0) is 42.0 Å². The van der Waals surface area contributed by atoms with Crippen molar-refractivity contribution < 1.29 is 28.5 Å². The topological polar surface area (TPSA) is 71.1 Å². The van der Waals surface area contributed by atoms with Crippen molar-refractivity contribution in [2.45, 2.75) is 6.42 Å². The molecule has 3 aromatic carbocycles. The molecule has 0 fully saturated rings. The Morgan fingerprint density at radius 2 is 1.45 bits per heavy atom. The SMILES string of the molecule is COCCOc1ccccc1C(=O)Oc1ccc(C(=O)OCCc2ccccc2)cc1. The van der Waals surface area contributed by atoms with Gasteiger partial charge in [0.1, 0.15) is 23.7 Å². The Balaban J connectivity index is 1.54. The van der Waals surface area contributed by atoms with Crippen molar-refractivity contribution in [2.75, 3.05) is 26.9 Å². The van der Waals surface area contributed by atoms with Gasteiger partial charge in [-0.15, -0.1) is 0 Å². The highest BCUT2D eigenvalue weighted by Gasteiger charge is 2.15. The monoisotopic (exact) mass is 420 g/mol. The average molecular weight is 420 g/mol. The number of hydrogen-bond acceptors (Lipinski definition) is 6. The largest absolute Gasteiger partial charge is 0.490 e. The van der Waals surface area contributed by atoms with Crippen LogP contribution >= 0.6 is 0 Å². The van der Waals surface area contributed by atoms with E-state index in [4.69, 9.17) is 18.9 Å². The minimum atomic E-state index is -0.550. The van der Waals surface area contributed by atoms with E-state index in [0.29, 0.717) is 48.9 Å². The van der Waals surface area contributed by atoms with Crippen molar-refractivity contribution in [3.8, 4) is 11.5 Å². The molecule has 6 heteroatoms. The molecule has 160 valence electrons. The third-order valence-corrected chi connectivity index (χ3v) is 4.42. The van der Waals surface area contributed by atoms with E-state index < -0.39 is 11.9 Å². The zero-order chi connectivity index (χ0) is 21.9. The predicted octanol–water partition coefficient (Wildman–Crippen LogP) is 4.33. The molecule has 0 aliphatic heterocycles. The maximum atomic E-state index is 12.5. The van der Waals surface area contributed by atoms with E-state index in [1.165, 1.54) is 0 Å². The number of rotatable bonds is 10. The Kier molecular flexibility index (Phi) is 8.20. The second-order valence-electron chi connectivity index (χ2n) is 6.62. The molecule has 0 amide bonds. The smallest absolute Gasteiger partial charge is 0.347 e. The molecule has 0 saturated carbocycles. The molecular weight excluding hydrogens is 396 g/mol. The number of ether oxygens (including phenoxy) is 4. The second kappa shape index (κ2) is 11.5. The fourth-order valence-electron chi connectivity index (χ4n) is 2.81. The first kappa shape index (κ1) is 22.1. The summed E-state index contributed by atoms with van der Waals surface area (Å²) in [4.78, 5) is 24.7. The van der Waals surface area contributed by atoms with Gasteiger partial charge in [-0.2, -0.15) is 0 Å². The van der Waals surface area contributed by atoms with E-state index in [9.17, 15) is 9.59 Å². The number of hydrogen-bond donors (Lipinski definition) is 0. The molecule has 0 aliphatic rings. The number of methoxy groups -OCH3 is 1. The normalized spacial score (nSPS) is 10.4. The van der Waals surface area contributed by atoms with E-state index in [1.54, 1.807) is 55.6 Å². The molecule has 0 atom stereocenters. The van der Waals surface area contributed by atoms with E-state index in [0.717, 1.165) is 5.56 Å². The van der Waals surface area contributed by atoms with Crippen molar-refractivity contribution >= 4 is 11.9 Å². The molecule has 0 saturated heterocycles. The lowest BCUT2D eigenvalue weighted by Gasteiger charge is -2.11. The molecule has 0 N–H and O–H groups in total. The van der Waals surface area contributed by atoms with Crippen molar-refractivity contribution in [1.29, 1.82) is 0 Å². The molecule has 31 heavy (non-hydrogen) atoms. The molecule has 3 rings (SSSR count). The number of esters is 2. The van der Waals surface area contributed by atoms with Gasteiger partial charge in [0.25, 0.3) is 0 Å². The molecule has 0 aliphatic carbocycles. The van der Waals surface area contributed by atoms with Gasteiger partial charge in [-0.1, -0.05) is 42.5 Å². The van der Waals surface area contributed by atoms with Crippen LogP contribution in [0, 0.1) is 0 Å². The van der Waals surface area contributed by atoms with Crippen LogP contribution in [0.5, 0.6) is 11.5 Å². The summed E-state index contributed by atoms with van der Waals surface area (Å²) in [5.74, 6) is -0.238. The van der Waals surface area contributed by atoms with Crippen LogP contribution < -0.4 is 9.47 Å². The van der Waals surface area contributed by atoms with Crippen molar-refractivity contribution in [3.05, 3.63) is 95.6 Å². The Labute approximate surface area is 181 Å². The van der Waals surface area contributed by atoms with Gasteiger partial charge in [0.05, 0.1) is 18.8 Å². The Morgan fingerprint density at radius 1 is 0.742 bits per heavy atom. The van der Waals surface area contributed by atoms with Crippen molar-refractivity contribution in [3.63, 3.8) is 0 Å². The minimum absolute atomic E-state index is 0.291. The van der Waals surface area contributed by atoms with Gasteiger partial charge >= 0.3 is 11.9 Å². The van der Waals surface area contributed by atoms with Gasteiger partial charge in [0.2, 0.25) is 0 Å². The summed E-state index contributed by atoms with van der Waals surface area (Å²) < 4.78 is 21.3. The predicted molar refractivity (Wildman–Crippen MR) is 116 cm³/mol. The van der Waals surface area contributed by atoms with E-state index in [1.807, 2.05) is 30.3 Å². The highest BCUT2D eigenvalue weighted by molar-refractivity contribution is 5.94. The van der Waals surface area contributed by atoms with Crippen LogP contribution in [-0.2, 0) is 15.9 Å². The minimum Gasteiger partial charge on any atom is -0.490 e. The average Bonchev–Trinajstić information content (AvgIpc) is 2.80. The van der Waals surface area contributed by atoms with Gasteiger partial charge in [0, 0.05) is 13.5 Å². The third kappa shape index (κ3) is 6.69. The Morgan fingerprint density at radius 3 is 2.19 bits per heavy atom. The van der Waals surface area contributed by atoms with Crippen LogP contribution in [0.25, 0.3) is 0 Å². The van der Waals surface area contributed by atoms with Crippen LogP contribution in [0.3, 0.4) is 0 Å². The maximum absolute atomic E-state index is 12.5. The Bertz CT molecular complexity index is 982. The van der Waals surface area contributed by atoms with Gasteiger partial charge in [0.15, 0.2) is 0 Å². The van der Waals surface area contributed by atoms with Crippen molar-refractivity contribution in [1.82, 2.24) is 0 Å². The van der Waals surface area contributed by atoms with Gasteiger partial charge in [-0.25, -0.2) is 9.59 Å². The first-order valence-electron chi connectivity index (χ1n) is 9.91. The zero-order valence-electron chi connectivity index (χ0n) is 17.3. The number of para-hydroxylation sites is 1. The van der Waals surface area contributed by atoms with E-state index >= 15 is 0 Å². The van der Waals surface area contributed by atoms with Crippen LogP contribution in [0.1, 0.15) is 26.3 Å². The lowest BCUT2D eigenvalue weighted by atomic mass is 10.2. The van der Waals surface area contributed by atoms with Crippen LogP contribution in [0.15, 0.2) is 78.9 Å². The lowest BCUT2D eigenvalue weighted by molar-refractivity contribution is 0.0509. The summed E-state index contributed by atoms with van der Waals surface area (Å²) in [6.45, 7) is 1.02. The van der Waals surface area contributed by atoms with Crippen LogP contribution in [0.2, 0.25) is 0 Å². The summed E-state index contributed by atoms with van der Waals surface area (Å²) in [6.07, 6.45) is 0.647. The van der Waals surface area contributed by atoms with Crippen LogP contribution in [-0.4, -0.2) is 38.9 Å². The summed E-state index contributed by atoms with van der Waals surface area (Å²) in [5.41, 5.74) is 1.79. The fraction of sp³-hybridized carbons (Fsp3) is 0.200. The molecule has 0 unspecified atom stereocenters. The molecule has 0 aromatic heterocycles. The first-order chi connectivity index (χ1) is 15.2. The molecule has 0 radical (unpaired) electrons. The summed E-state index contributed by atoms with van der Waals surface area (Å²) >= 11 is 0. The standard InChI is InChI=1S/C25H24O6/c1-28-17-18-29-23-10-6-5-9-22(23)25(27)31-21-13-11-20(12-14-21)24(26)30-16-15-19-7-3-2-4-8-19/h2-14H,15-18H2,1H3. The lowest BCUT2D eigenvalue weighted by Crippen LogP contribution is -2.13. The van der Waals surface area contributed by atoms with E-state index in [2.05, 4.69) is 0 Å². The number of carbonyl (C=O) groups is 2. The zero-order valence-corrected chi connectivity index (χ0v) is 17.3. The summed E-state index contributed by atoms with van der Waals surface area (Å²) in [6, 6.07) is 22.9. The maximum Gasteiger partial charge on any atom is 0.347 e. The highest BCUT2D eigenvalue weighted by atomic mass is 16.5. The molecule has 0 heterocycles. The van der Waals surface area contributed by atoms with Gasteiger partial charge < -0.3 is 18.9 Å². The molecule has 0 spiro atoms.